The number of likely N-dealkylation sites (tertiary alicyclic amines) is 1. The predicted octanol–water partition coefficient (Wildman–Crippen LogP) is 1.23. The van der Waals surface area contributed by atoms with Crippen molar-refractivity contribution >= 4 is 23.1 Å². The molecule has 2 amide bonds. The molecule has 14 heteroatoms. The molecule has 190 valence electrons. The molecule has 10 nitrogen and oxygen atoms in total. The number of fused-ring (bicyclic) bond motifs is 2. The number of hydrogen-bond donors (Lipinski definition) is 2. The van der Waals surface area contributed by atoms with Gasteiger partial charge in [0, 0.05) is 31.3 Å². The van der Waals surface area contributed by atoms with Crippen LogP contribution >= 0.6 is 0 Å². The van der Waals surface area contributed by atoms with E-state index in [2.05, 4.69) is 15.1 Å². The first-order valence-corrected chi connectivity index (χ1v) is 11.0. The molecule has 0 saturated carbocycles. The summed E-state index contributed by atoms with van der Waals surface area (Å²) < 4.78 is 55.8. The maximum Gasteiger partial charge on any atom is 0.426 e. The van der Waals surface area contributed by atoms with Crippen molar-refractivity contribution in [1.29, 1.82) is 0 Å². The molecule has 5 rings (SSSR count). The maximum atomic E-state index is 14.9. The molecule has 2 aliphatic heterocycles. The Kier molecular flexibility index (Phi) is 5.39. The first-order chi connectivity index (χ1) is 16.9. The zero-order valence-corrected chi connectivity index (χ0v) is 18.9. The molecule has 0 radical (unpaired) electrons. The number of pyridine rings is 1. The monoisotopic (exact) mass is 507 g/mol. The highest BCUT2D eigenvalue weighted by atomic mass is 19.4. The third kappa shape index (κ3) is 3.63. The molecule has 0 aliphatic carbocycles. The molecule has 0 unspecified atom stereocenters. The normalized spacial score (nSPS) is 22.1. The van der Waals surface area contributed by atoms with E-state index in [1.165, 1.54) is 11.2 Å². The zero-order chi connectivity index (χ0) is 26.0. The number of nitrogens with zero attached hydrogens (tertiary/aromatic N) is 6. The number of anilines is 1. The van der Waals surface area contributed by atoms with Gasteiger partial charge in [0.2, 0.25) is 5.60 Å². The quantitative estimate of drug-likeness (QED) is 0.510. The van der Waals surface area contributed by atoms with Crippen LogP contribution in [0.15, 0.2) is 30.7 Å². The number of aromatic nitrogens is 4. The molecular weight excluding hydrogens is 486 g/mol. The number of rotatable bonds is 3. The average molecular weight is 507 g/mol. The second-order valence-electron chi connectivity index (χ2n) is 8.99. The minimum Gasteiger partial charge on any atom is -0.382 e. The van der Waals surface area contributed by atoms with Gasteiger partial charge in [-0.1, -0.05) is 0 Å². The first-order valence-electron chi connectivity index (χ1n) is 11.0. The van der Waals surface area contributed by atoms with Gasteiger partial charge < -0.3 is 20.6 Å². The molecule has 1 fully saturated rings. The van der Waals surface area contributed by atoms with E-state index in [0.29, 0.717) is 40.7 Å². The lowest BCUT2D eigenvalue weighted by Crippen LogP contribution is -2.56. The summed E-state index contributed by atoms with van der Waals surface area (Å²) in [6, 6.07) is 3.88. The fourth-order valence-electron chi connectivity index (χ4n) is 4.62. The van der Waals surface area contributed by atoms with Gasteiger partial charge in [0.25, 0.3) is 11.8 Å². The molecular formula is C22H21F4N7O3. The van der Waals surface area contributed by atoms with Crippen LogP contribution < -0.4 is 5.73 Å². The summed E-state index contributed by atoms with van der Waals surface area (Å²) in [6.07, 6.45) is -3.85. The van der Waals surface area contributed by atoms with Crippen LogP contribution in [0.1, 0.15) is 23.0 Å². The fourth-order valence-corrected chi connectivity index (χ4v) is 4.62. The third-order valence-corrected chi connectivity index (χ3v) is 6.70. The molecule has 3 N–H and O–H groups in total. The number of hydrogen-bond acceptors (Lipinski definition) is 7. The summed E-state index contributed by atoms with van der Waals surface area (Å²) in [6.45, 7) is -0.726. The fraction of sp³-hybridized carbons (Fsp3) is 0.409. The van der Waals surface area contributed by atoms with E-state index < -0.39 is 48.9 Å². The summed E-state index contributed by atoms with van der Waals surface area (Å²) >= 11 is 0. The number of carbonyl (C=O) groups excluding carboxylic acids is 2. The lowest BCUT2D eigenvalue weighted by Gasteiger charge is -2.34. The van der Waals surface area contributed by atoms with Crippen LogP contribution in [-0.4, -0.2) is 89.9 Å². The number of nitrogens with two attached hydrogens (primary N) is 1. The maximum absolute atomic E-state index is 14.9. The SMILES string of the molecule is C[C@@](O)(C(=O)N1C[C@@H](N2CCc3ncc(-c4ccc5c(N)ncnn45)cc3C2=O)[C@@H](F)C1)C(F)(F)F. The van der Waals surface area contributed by atoms with Crippen LogP contribution in [-0.2, 0) is 11.2 Å². The summed E-state index contributed by atoms with van der Waals surface area (Å²) in [5, 5.41) is 13.9. The Morgan fingerprint density at radius 3 is 2.69 bits per heavy atom. The van der Waals surface area contributed by atoms with Gasteiger partial charge in [-0.25, -0.2) is 13.9 Å². The van der Waals surface area contributed by atoms with Crippen molar-refractivity contribution in [2.75, 3.05) is 25.4 Å². The van der Waals surface area contributed by atoms with Crippen molar-refractivity contribution in [3.05, 3.63) is 42.0 Å². The van der Waals surface area contributed by atoms with Crippen molar-refractivity contribution in [1.82, 2.24) is 29.4 Å². The minimum absolute atomic E-state index is 0.0821. The molecule has 36 heavy (non-hydrogen) atoms. The molecule has 5 heterocycles. The molecule has 1 saturated heterocycles. The number of halogens is 4. The molecule has 3 atom stereocenters. The Bertz CT molecular complexity index is 1370. The van der Waals surface area contributed by atoms with E-state index >= 15 is 0 Å². The topological polar surface area (TPSA) is 130 Å². The Morgan fingerprint density at radius 2 is 1.97 bits per heavy atom. The Hall–Kier alpha value is -3.81. The van der Waals surface area contributed by atoms with Gasteiger partial charge in [0.1, 0.15) is 18.0 Å². The molecule has 0 aromatic carbocycles. The number of aliphatic hydroxyl groups is 1. The summed E-state index contributed by atoms with van der Waals surface area (Å²) in [7, 11) is 0. The predicted molar refractivity (Wildman–Crippen MR) is 117 cm³/mol. The first kappa shape index (κ1) is 23.9. The van der Waals surface area contributed by atoms with Gasteiger partial charge in [0.05, 0.1) is 29.5 Å². The zero-order valence-electron chi connectivity index (χ0n) is 18.9. The van der Waals surface area contributed by atoms with E-state index in [4.69, 9.17) is 5.73 Å². The van der Waals surface area contributed by atoms with Gasteiger partial charge >= 0.3 is 6.18 Å². The van der Waals surface area contributed by atoms with Gasteiger partial charge in [-0.15, -0.1) is 0 Å². The van der Waals surface area contributed by atoms with Crippen LogP contribution in [0.2, 0.25) is 0 Å². The Morgan fingerprint density at radius 1 is 1.22 bits per heavy atom. The number of carbonyl (C=O) groups is 2. The van der Waals surface area contributed by atoms with Crippen LogP contribution in [0.4, 0.5) is 23.4 Å². The summed E-state index contributed by atoms with van der Waals surface area (Å²) in [5.41, 5.74) is 4.62. The molecule has 2 aliphatic rings. The second-order valence-corrected chi connectivity index (χ2v) is 8.99. The average Bonchev–Trinajstić information content (AvgIpc) is 3.43. The van der Waals surface area contributed by atoms with Crippen LogP contribution in [0.5, 0.6) is 0 Å². The van der Waals surface area contributed by atoms with Crippen LogP contribution in [0, 0.1) is 0 Å². The summed E-state index contributed by atoms with van der Waals surface area (Å²) in [5.74, 6) is -1.94. The van der Waals surface area contributed by atoms with Gasteiger partial charge in [0.15, 0.2) is 5.82 Å². The Labute approximate surface area is 201 Å². The standard InChI is InChI=1S/C22H21F4N7O3/c1-21(36,22(24,25)26)20(35)31-8-13(23)17(9-31)32-5-4-14-12(19(32)34)6-11(7-28-14)15-2-3-16-18(27)29-10-30-33(15)16/h2-3,6-7,10,13,17,36H,4-5,8-9H2,1H3,(H2,27,29,30)/t13-,17+,21+/m0/s1. The summed E-state index contributed by atoms with van der Waals surface area (Å²) in [4.78, 5) is 35.8. The molecule has 3 aromatic rings. The lowest BCUT2D eigenvalue weighted by molar-refractivity contribution is -0.249. The highest BCUT2D eigenvalue weighted by molar-refractivity contribution is 5.98. The third-order valence-electron chi connectivity index (χ3n) is 6.70. The molecule has 0 spiro atoms. The second kappa shape index (κ2) is 8.11. The van der Waals surface area contributed by atoms with Gasteiger partial charge in [-0.05, 0) is 25.1 Å². The van der Waals surface area contributed by atoms with Gasteiger partial charge in [-0.2, -0.15) is 18.3 Å². The van der Waals surface area contributed by atoms with Crippen LogP contribution in [0.25, 0.3) is 16.8 Å². The van der Waals surface area contributed by atoms with Crippen molar-refractivity contribution in [3.8, 4) is 11.3 Å². The lowest BCUT2D eigenvalue weighted by atomic mass is 9.99. The Balaban J connectivity index is 1.41. The number of amides is 2. The van der Waals surface area contributed by atoms with Crippen LogP contribution in [0.3, 0.4) is 0 Å². The van der Waals surface area contributed by atoms with Crippen molar-refractivity contribution in [2.24, 2.45) is 0 Å². The van der Waals surface area contributed by atoms with E-state index in [0.717, 1.165) is 0 Å². The molecule has 0 bridgehead atoms. The van der Waals surface area contributed by atoms with Crippen molar-refractivity contribution in [2.45, 2.75) is 37.3 Å². The van der Waals surface area contributed by atoms with Gasteiger partial charge in [-0.3, -0.25) is 14.6 Å². The van der Waals surface area contributed by atoms with E-state index in [1.54, 1.807) is 28.9 Å². The van der Waals surface area contributed by atoms with Crippen molar-refractivity contribution in [3.63, 3.8) is 0 Å². The van der Waals surface area contributed by atoms with E-state index in [-0.39, 0.29) is 17.9 Å². The van der Waals surface area contributed by atoms with Crippen molar-refractivity contribution < 1.29 is 32.3 Å². The highest BCUT2D eigenvalue weighted by Gasteiger charge is 2.58. The number of nitrogen functional groups attached to an aromatic ring is 1. The number of alkyl halides is 4. The van der Waals surface area contributed by atoms with E-state index in [1.807, 2.05) is 0 Å². The largest absolute Gasteiger partial charge is 0.426 e. The minimum atomic E-state index is -5.23. The highest BCUT2D eigenvalue weighted by Crippen LogP contribution is 2.34. The smallest absolute Gasteiger partial charge is 0.382 e. The molecule has 3 aromatic heterocycles. The van der Waals surface area contributed by atoms with E-state index in [9.17, 15) is 32.3 Å².